The molecule has 10 rings (SSSR count). The van der Waals surface area contributed by atoms with Crippen molar-refractivity contribution in [3.05, 3.63) is 169 Å². The summed E-state index contributed by atoms with van der Waals surface area (Å²) in [5.74, 6) is 1.87. The van der Waals surface area contributed by atoms with Crippen LogP contribution >= 0.6 is 0 Å². The van der Waals surface area contributed by atoms with Crippen LogP contribution in [0.25, 0.3) is 83.6 Å². The van der Waals surface area contributed by atoms with Gasteiger partial charge >= 0.3 is 0 Å². The molecule has 4 nitrogen and oxygen atoms in total. The zero-order valence-electron chi connectivity index (χ0n) is 27.8. The maximum atomic E-state index is 5.24. The molecule has 0 aliphatic heterocycles. The first-order valence-electron chi connectivity index (χ1n) is 17.1. The van der Waals surface area contributed by atoms with Crippen molar-refractivity contribution >= 4 is 32.6 Å². The summed E-state index contributed by atoms with van der Waals surface area (Å²) < 4.78 is 2.26. The van der Waals surface area contributed by atoms with Gasteiger partial charge in [0.15, 0.2) is 11.6 Å². The molecule has 0 amide bonds. The smallest absolute Gasteiger partial charge is 0.238 e. The van der Waals surface area contributed by atoms with Gasteiger partial charge in [-0.15, -0.1) is 0 Å². The summed E-state index contributed by atoms with van der Waals surface area (Å²) >= 11 is 0. The van der Waals surface area contributed by atoms with E-state index in [0.29, 0.717) is 17.6 Å². The summed E-state index contributed by atoms with van der Waals surface area (Å²) in [6.45, 7) is 4.68. The Bertz CT molecular complexity index is 2720. The van der Waals surface area contributed by atoms with Crippen molar-refractivity contribution in [1.82, 2.24) is 19.5 Å². The molecule has 236 valence electrons. The van der Waals surface area contributed by atoms with Crippen LogP contribution < -0.4 is 0 Å². The highest BCUT2D eigenvalue weighted by molar-refractivity contribution is 6.23. The highest BCUT2D eigenvalue weighted by Crippen LogP contribution is 2.50. The normalized spacial score (nSPS) is 13.2. The topological polar surface area (TPSA) is 43.6 Å². The van der Waals surface area contributed by atoms with Gasteiger partial charge in [0.1, 0.15) is 0 Å². The highest BCUT2D eigenvalue weighted by Gasteiger charge is 2.35. The van der Waals surface area contributed by atoms with E-state index in [1.54, 1.807) is 0 Å². The number of fused-ring (bicyclic) bond motifs is 8. The van der Waals surface area contributed by atoms with Crippen LogP contribution in [0.3, 0.4) is 0 Å². The molecule has 0 atom stereocenters. The summed E-state index contributed by atoms with van der Waals surface area (Å²) in [5, 5.41) is 4.77. The van der Waals surface area contributed by atoms with E-state index in [1.165, 1.54) is 49.4 Å². The van der Waals surface area contributed by atoms with Crippen LogP contribution in [0.5, 0.6) is 0 Å². The molecule has 4 heteroatoms. The monoisotopic (exact) mass is 640 g/mol. The van der Waals surface area contributed by atoms with Gasteiger partial charge in [-0.1, -0.05) is 159 Å². The lowest BCUT2D eigenvalue weighted by Gasteiger charge is -2.22. The zero-order chi connectivity index (χ0) is 33.4. The lowest BCUT2D eigenvalue weighted by Crippen LogP contribution is -2.14. The minimum atomic E-state index is -0.109. The zero-order valence-corrected chi connectivity index (χ0v) is 27.8. The average molecular weight is 641 g/mol. The molecule has 50 heavy (non-hydrogen) atoms. The quantitative estimate of drug-likeness (QED) is 0.192. The third-order valence-corrected chi connectivity index (χ3v) is 10.5. The number of para-hydroxylation sites is 1. The third-order valence-electron chi connectivity index (χ3n) is 10.5. The Hall–Kier alpha value is -6.39. The predicted octanol–water partition coefficient (Wildman–Crippen LogP) is 11.4. The van der Waals surface area contributed by atoms with Crippen molar-refractivity contribution in [2.75, 3.05) is 0 Å². The second-order valence-corrected chi connectivity index (χ2v) is 13.7. The predicted molar refractivity (Wildman–Crippen MR) is 206 cm³/mol. The van der Waals surface area contributed by atoms with Gasteiger partial charge in [-0.3, -0.25) is 4.57 Å². The van der Waals surface area contributed by atoms with Crippen LogP contribution in [0.15, 0.2) is 158 Å². The fraction of sp³-hybridized carbons (Fsp3) is 0.0652. The molecule has 1 aliphatic rings. The molecule has 0 saturated carbocycles. The first kappa shape index (κ1) is 28.6. The van der Waals surface area contributed by atoms with E-state index in [0.717, 1.165) is 27.7 Å². The SMILES string of the molecule is CC1(C)c2ccccc2-c2ccc(-c3cccc4c5c6ccccc6ccc5n(-c5nc(-c6ccccc6)nc(-c6ccccc6)n5)c34)cc21. The third kappa shape index (κ3) is 4.21. The Morgan fingerprint density at radius 1 is 0.460 bits per heavy atom. The Morgan fingerprint density at radius 3 is 1.84 bits per heavy atom. The minimum Gasteiger partial charge on any atom is -0.277 e. The minimum absolute atomic E-state index is 0.109. The van der Waals surface area contributed by atoms with Gasteiger partial charge in [0.2, 0.25) is 5.95 Å². The van der Waals surface area contributed by atoms with Crippen molar-refractivity contribution in [3.8, 4) is 51.0 Å². The van der Waals surface area contributed by atoms with Crippen LogP contribution in [0.1, 0.15) is 25.0 Å². The van der Waals surface area contributed by atoms with Gasteiger partial charge in [0, 0.05) is 32.9 Å². The Labute approximate surface area is 290 Å². The van der Waals surface area contributed by atoms with Gasteiger partial charge in [0.05, 0.1) is 11.0 Å². The molecular formula is C46H32N4. The largest absolute Gasteiger partial charge is 0.277 e. The van der Waals surface area contributed by atoms with Crippen LogP contribution in [-0.2, 0) is 5.41 Å². The Balaban J connectivity index is 1.31. The fourth-order valence-electron chi connectivity index (χ4n) is 8.05. The van der Waals surface area contributed by atoms with E-state index in [-0.39, 0.29) is 5.41 Å². The first-order chi connectivity index (χ1) is 24.6. The van der Waals surface area contributed by atoms with Crippen LogP contribution in [-0.4, -0.2) is 19.5 Å². The molecule has 0 unspecified atom stereocenters. The van der Waals surface area contributed by atoms with Crippen molar-refractivity contribution in [2.24, 2.45) is 0 Å². The van der Waals surface area contributed by atoms with Crippen LogP contribution in [0, 0.1) is 0 Å². The van der Waals surface area contributed by atoms with Crippen molar-refractivity contribution in [3.63, 3.8) is 0 Å². The number of aromatic nitrogens is 4. The number of hydrogen-bond acceptors (Lipinski definition) is 3. The van der Waals surface area contributed by atoms with Crippen LogP contribution in [0.2, 0.25) is 0 Å². The van der Waals surface area contributed by atoms with E-state index in [1.807, 2.05) is 36.4 Å². The van der Waals surface area contributed by atoms with Gasteiger partial charge in [-0.05, 0) is 50.7 Å². The summed E-state index contributed by atoms with van der Waals surface area (Å²) in [6.07, 6.45) is 0. The molecule has 0 saturated heterocycles. The number of nitrogens with zero attached hydrogens (tertiary/aromatic N) is 4. The van der Waals surface area contributed by atoms with E-state index < -0.39 is 0 Å². The van der Waals surface area contributed by atoms with Crippen LogP contribution in [0.4, 0.5) is 0 Å². The molecule has 0 spiro atoms. The molecular weight excluding hydrogens is 609 g/mol. The van der Waals surface area contributed by atoms with Gasteiger partial charge < -0.3 is 0 Å². The average Bonchev–Trinajstić information content (AvgIpc) is 3.64. The second-order valence-electron chi connectivity index (χ2n) is 13.7. The van der Waals surface area contributed by atoms with E-state index in [9.17, 15) is 0 Å². The molecule has 0 bridgehead atoms. The number of rotatable bonds is 4. The highest BCUT2D eigenvalue weighted by atomic mass is 15.2. The molecule has 1 aliphatic carbocycles. The summed E-state index contributed by atoms with van der Waals surface area (Å²) in [4.78, 5) is 15.5. The summed E-state index contributed by atoms with van der Waals surface area (Å²) in [6, 6.07) is 55.9. The number of benzene rings is 7. The van der Waals surface area contributed by atoms with Crippen molar-refractivity contribution < 1.29 is 0 Å². The lowest BCUT2D eigenvalue weighted by molar-refractivity contribution is 0.660. The Kier molecular flexibility index (Phi) is 6.19. The summed E-state index contributed by atoms with van der Waals surface area (Å²) in [5.41, 5.74) is 11.6. The molecule has 0 fully saturated rings. The van der Waals surface area contributed by atoms with E-state index >= 15 is 0 Å². The maximum Gasteiger partial charge on any atom is 0.238 e. The van der Waals surface area contributed by atoms with Crippen molar-refractivity contribution in [1.29, 1.82) is 0 Å². The summed E-state index contributed by atoms with van der Waals surface area (Å²) in [7, 11) is 0. The first-order valence-corrected chi connectivity index (χ1v) is 17.1. The molecule has 7 aromatic carbocycles. The van der Waals surface area contributed by atoms with Gasteiger partial charge in [-0.25, -0.2) is 4.98 Å². The van der Waals surface area contributed by atoms with Gasteiger partial charge in [-0.2, -0.15) is 9.97 Å². The van der Waals surface area contributed by atoms with Gasteiger partial charge in [0.25, 0.3) is 0 Å². The number of hydrogen-bond donors (Lipinski definition) is 0. The molecule has 2 heterocycles. The van der Waals surface area contributed by atoms with E-state index in [4.69, 9.17) is 15.0 Å². The molecule has 0 N–H and O–H groups in total. The van der Waals surface area contributed by atoms with E-state index in [2.05, 4.69) is 140 Å². The second kappa shape index (κ2) is 10.8. The fourth-order valence-corrected chi connectivity index (χ4v) is 8.05. The lowest BCUT2D eigenvalue weighted by atomic mass is 9.81. The molecule has 9 aromatic rings. The maximum absolute atomic E-state index is 5.24. The standard InChI is InChI=1S/C46H32N4/c1-46(2)38-23-12-11-20-35(38)36-26-24-32(28-39(36)46)34-21-13-22-37-41-33-19-10-9-14-29(33)25-27-40(41)50(42(34)37)45-48-43(30-15-5-3-6-16-30)47-44(49-45)31-17-7-4-8-18-31/h3-28H,1-2H3. The Morgan fingerprint density at radius 2 is 1.08 bits per heavy atom. The van der Waals surface area contributed by atoms with Crippen molar-refractivity contribution in [2.45, 2.75) is 19.3 Å². The molecule has 2 aromatic heterocycles. The molecule has 0 radical (unpaired) electrons.